The first-order valence-electron chi connectivity index (χ1n) is 11.9. The fourth-order valence-corrected chi connectivity index (χ4v) is 4.30. The Hall–Kier alpha value is -3.78. The molecular weight excluding hydrogens is 547 g/mol. The number of piperidine rings is 1. The molecule has 1 fully saturated rings. The lowest BCUT2D eigenvalue weighted by Crippen LogP contribution is -2.38. The van der Waals surface area contributed by atoms with E-state index >= 15 is 0 Å². The molecule has 210 valence electrons. The summed E-state index contributed by atoms with van der Waals surface area (Å²) in [7, 11) is 0. The van der Waals surface area contributed by atoms with Crippen molar-refractivity contribution in [3.8, 4) is 17.2 Å². The van der Waals surface area contributed by atoms with Crippen LogP contribution in [0, 0.1) is 10.1 Å². The van der Waals surface area contributed by atoms with E-state index in [1.165, 1.54) is 35.0 Å². The number of aliphatic hydroxyl groups excluding tert-OH is 1. The van der Waals surface area contributed by atoms with Crippen LogP contribution in [0.5, 0.6) is 17.2 Å². The Bertz CT molecular complexity index is 1250. The van der Waals surface area contributed by atoms with E-state index in [1.807, 2.05) is 0 Å². The van der Waals surface area contributed by atoms with Gasteiger partial charge in [-0.05, 0) is 64.8 Å². The van der Waals surface area contributed by atoms with Crippen molar-refractivity contribution in [1.29, 1.82) is 0 Å². The number of imidazole rings is 1. The molecule has 39 heavy (non-hydrogen) atoms. The lowest BCUT2D eigenvalue weighted by atomic mass is 10.1. The molecule has 1 aromatic carbocycles. The topological polar surface area (TPSA) is 125 Å². The van der Waals surface area contributed by atoms with Crippen molar-refractivity contribution in [2.45, 2.75) is 51.0 Å². The maximum atomic E-state index is 12.3. The van der Waals surface area contributed by atoms with Gasteiger partial charge < -0.3 is 34.3 Å². The number of halogens is 4. The number of ether oxygens (including phenoxy) is 3. The van der Waals surface area contributed by atoms with Crippen molar-refractivity contribution in [3.05, 3.63) is 64.2 Å². The van der Waals surface area contributed by atoms with Crippen molar-refractivity contribution in [2.24, 2.45) is 0 Å². The van der Waals surface area contributed by atoms with Gasteiger partial charge in [0.05, 0.1) is 12.3 Å². The van der Waals surface area contributed by atoms with Crippen LogP contribution in [0.4, 0.5) is 24.8 Å². The zero-order valence-corrected chi connectivity index (χ0v) is 21.4. The van der Waals surface area contributed by atoms with Gasteiger partial charge in [-0.15, -0.1) is 13.2 Å². The number of anilines is 1. The molecule has 2 unspecified atom stereocenters. The molecule has 3 aromatic rings. The Morgan fingerprint density at radius 3 is 2.33 bits per heavy atom. The average Bonchev–Trinajstić information content (AvgIpc) is 3.27. The largest absolute Gasteiger partial charge is 0.573 e. The minimum absolute atomic E-state index is 0.0978. The standard InChI is InChI=1S/C24H25ClF3N5O6/c1-15(34)12-22(32-14-21(33(35)36)30-23(32)25)38-19-6-7-20(29-13-19)31-10-8-17(9-11-31)37-16-2-4-18(5-3-16)39-24(26,27)28/h2-7,13-15,17,22,34H,8-12H2,1H3. The Kier molecular flexibility index (Phi) is 8.65. The first-order valence-corrected chi connectivity index (χ1v) is 12.3. The van der Waals surface area contributed by atoms with Crippen LogP contribution in [0.1, 0.15) is 32.4 Å². The number of alkyl halides is 3. The van der Waals surface area contributed by atoms with Crippen LogP contribution >= 0.6 is 11.6 Å². The monoisotopic (exact) mass is 571 g/mol. The van der Waals surface area contributed by atoms with Crippen molar-refractivity contribution in [1.82, 2.24) is 14.5 Å². The second kappa shape index (κ2) is 11.9. The molecule has 0 bridgehead atoms. The highest BCUT2D eigenvalue weighted by atomic mass is 35.5. The average molecular weight is 572 g/mol. The van der Waals surface area contributed by atoms with Gasteiger partial charge in [0.1, 0.15) is 35.4 Å². The maximum absolute atomic E-state index is 12.3. The predicted molar refractivity (Wildman–Crippen MR) is 133 cm³/mol. The van der Waals surface area contributed by atoms with Gasteiger partial charge in [-0.1, -0.05) is 0 Å². The van der Waals surface area contributed by atoms with Crippen LogP contribution < -0.4 is 19.1 Å². The van der Waals surface area contributed by atoms with Gasteiger partial charge in [0.2, 0.25) is 0 Å². The van der Waals surface area contributed by atoms with Gasteiger partial charge in [0.25, 0.3) is 0 Å². The van der Waals surface area contributed by atoms with Gasteiger partial charge >= 0.3 is 17.5 Å². The number of aromatic nitrogens is 3. The SMILES string of the molecule is CC(O)CC(Oc1ccc(N2CCC(Oc3ccc(OC(F)(F)F)cc3)CC2)nc1)n1cc([N+](=O)[O-])nc1Cl. The summed E-state index contributed by atoms with van der Waals surface area (Å²) in [4.78, 5) is 20.6. The fraction of sp³-hybridized carbons (Fsp3) is 0.417. The number of nitro groups is 1. The number of nitrogens with zero attached hydrogens (tertiary/aromatic N) is 5. The molecule has 11 nitrogen and oxygen atoms in total. The summed E-state index contributed by atoms with van der Waals surface area (Å²) in [6, 6.07) is 8.76. The molecule has 4 rings (SSSR count). The van der Waals surface area contributed by atoms with Gasteiger partial charge in [-0.3, -0.25) is 4.57 Å². The molecule has 1 saturated heterocycles. The molecule has 1 N–H and O–H groups in total. The Labute approximate surface area is 225 Å². The van der Waals surface area contributed by atoms with E-state index in [0.29, 0.717) is 43.2 Å². The number of pyridine rings is 1. The smallest absolute Gasteiger partial charge is 0.490 e. The van der Waals surface area contributed by atoms with Gasteiger partial charge in [-0.25, -0.2) is 4.98 Å². The third kappa shape index (κ3) is 7.86. The van der Waals surface area contributed by atoms with E-state index in [4.69, 9.17) is 21.1 Å². The van der Waals surface area contributed by atoms with Gasteiger partial charge in [-0.2, -0.15) is 0 Å². The van der Waals surface area contributed by atoms with E-state index in [9.17, 15) is 28.4 Å². The molecule has 0 amide bonds. The first-order chi connectivity index (χ1) is 18.5. The molecule has 3 heterocycles. The number of benzene rings is 1. The maximum Gasteiger partial charge on any atom is 0.573 e. The zero-order chi connectivity index (χ0) is 28.2. The molecule has 1 aliphatic rings. The summed E-state index contributed by atoms with van der Waals surface area (Å²) < 4.78 is 53.9. The van der Waals surface area contributed by atoms with E-state index < -0.39 is 29.4 Å². The third-order valence-electron chi connectivity index (χ3n) is 5.83. The minimum Gasteiger partial charge on any atom is -0.490 e. The van der Waals surface area contributed by atoms with Crippen LogP contribution in [0.25, 0.3) is 0 Å². The molecule has 0 radical (unpaired) electrons. The molecule has 2 aromatic heterocycles. The van der Waals surface area contributed by atoms with Crippen LogP contribution in [0.2, 0.25) is 5.28 Å². The molecule has 1 aliphatic heterocycles. The molecule has 0 saturated carbocycles. The van der Waals surface area contributed by atoms with Crippen LogP contribution in [0.3, 0.4) is 0 Å². The molecule has 2 atom stereocenters. The highest BCUT2D eigenvalue weighted by Gasteiger charge is 2.31. The lowest BCUT2D eigenvalue weighted by Gasteiger charge is -2.33. The summed E-state index contributed by atoms with van der Waals surface area (Å²) in [5, 5.41) is 20.8. The number of hydrogen-bond acceptors (Lipinski definition) is 9. The molecule has 0 aliphatic carbocycles. The number of hydrogen-bond donors (Lipinski definition) is 1. The summed E-state index contributed by atoms with van der Waals surface area (Å²) in [5.74, 6) is 0.783. The van der Waals surface area contributed by atoms with Crippen LogP contribution in [-0.2, 0) is 0 Å². The van der Waals surface area contributed by atoms with E-state index in [2.05, 4.69) is 19.6 Å². The zero-order valence-electron chi connectivity index (χ0n) is 20.6. The normalized spacial score (nSPS) is 16.0. The number of aliphatic hydroxyl groups is 1. The van der Waals surface area contributed by atoms with E-state index in [0.717, 1.165) is 6.20 Å². The third-order valence-corrected chi connectivity index (χ3v) is 6.11. The lowest BCUT2D eigenvalue weighted by molar-refractivity contribution is -0.389. The Morgan fingerprint density at radius 1 is 1.15 bits per heavy atom. The highest BCUT2D eigenvalue weighted by molar-refractivity contribution is 6.28. The van der Waals surface area contributed by atoms with Crippen molar-refractivity contribution in [3.63, 3.8) is 0 Å². The Morgan fingerprint density at radius 2 is 1.79 bits per heavy atom. The summed E-state index contributed by atoms with van der Waals surface area (Å²) >= 11 is 6.06. The van der Waals surface area contributed by atoms with E-state index in [1.54, 1.807) is 19.1 Å². The predicted octanol–water partition coefficient (Wildman–Crippen LogP) is 5.13. The van der Waals surface area contributed by atoms with Crippen LogP contribution in [0.15, 0.2) is 48.8 Å². The molecule has 15 heteroatoms. The highest BCUT2D eigenvalue weighted by Crippen LogP contribution is 2.29. The second-order valence-electron chi connectivity index (χ2n) is 8.87. The summed E-state index contributed by atoms with van der Waals surface area (Å²) in [6.45, 7) is 2.85. The van der Waals surface area contributed by atoms with Crippen molar-refractivity contribution < 1.29 is 37.4 Å². The minimum atomic E-state index is -4.75. The number of rotatable bonds is 10. The van der Waals surface area contributed by atoms with E-state index in [-0.39, 0.29) is 23.6 Å². The van der Waals surface area contributed by atoms with Gasteiger partial charge in [0.15, 0.2) is 6.23 Å². The van der Waals surface area contributed by atoms with Crippen molar-refractivity contribution >= 4 is 23.2 Å². The summed E-state index contributed by atoms with van der Waals surface area (Å²) in [5.41, 5.74) is 0. The Balaban J connectivity index is 1.32. The first kappa shape index (κ1) is 28.2. The van der Waals surface area contributed by atoms with Crippen molar-refractivity contribution in [2.75, 3.05) is 18.0 Å². The fourth-order valence-electron chi connectivity index (χ4n) is 4.06. The quantitative estimate of drug-likeness (QED) is 0.260. The van der Waals surface area contributed by atoms with Crippen LogP contribution in [-0.4, -0.2) is 56.2 Å². The molecular formula is C24H25ClF3N5O6. The second-order valence-corrected chi connectivity index (χ2v) is 9.20. The van der Waals surface area contributed by atoms with Gasteiger partial charge in [0, 0.05) is 32.4 Å². The summed E-state index contributed by atoms with van der Waals surface area (Å²) in [6.07, 6.45) is -2.38. The molecule has 0 spiro atoms.